The Hall–Kier alpha value is -1.60. The maximum absolute atomic E-state index is 8.81. The third-order valence-electron chi connectivity index (χ3n) is 4.64. The summed E-state index contributed by atoms with van der Waals surface area (Å²) in [6.07, 6.45) is 5.49. The van der Waals surface area contributed by atoms with Crippen LogP contribution in [0.15, 0.2) is 18.3 Å². The van der Waals surface area contributed by atoms with Gasteiger partial charge in [0.2, 0.25) is 0 Å². The lowest BCUT2D eigenvalue weighted by Gasteiger charge is -2.37. The number of piperidine rings is 1. The summed E-state index contributed by atoms with van der Waals surface area (Å²) in [6.45, 7) is 11.1. The normalized spacial score (nSPS) is 22.8. The lowest BCUT2D eigenvalue weighted by molar-refractivity contribution is 0.202. The van der Waals surface area contributed by atoms with Crippen LogP contribution in [0.4, 0.5) is 5.82 Å². The fourth-order valence-electron chi connectivity index (χ4n) is 3.40. The second kappa shape index (κ2) is 8.14. The van der Waals surface area contributed by atoms with Gasteiger partial charge in [-0.05, 0) is 43.9 Å². The molecule has 1 aromatic rings. The van der Waals surface area contributed by atoms with E-state index in [2.05, 4.69) is 27.8 Å². The highest BCUT2D eigenvalue weighted by Crippen LogP contribution is 2.25. The average molecular weight is 300 g/mol. The number of rotatable bonds is 2. The first-order valence-electron chi connectivity index (χ1n) is 8.61. The van der Waals surface area contributed by atoms with E-state index in [-0.39, 0.29) is 0 Å². The van der Waals surface area contributed by atoms with Crippen LogP contribution in [-0.4, -0.2) is 42.1 Å². The van der Waals surface area contributed by atoms with E-state index in [0.717, 1.165) is 30.9 Å². The van der Waals surface area contributed by atoms with Crippen LogP contribution in [0.1, 0.15) is 45.6 Å². The fraction of sp³-hybridized carbons (Fsp3) is 0.667. The van der Waals surface area contributed by atoms with Gasteiger partial charge in [-0.15, -0.1) is 0 Å². The predicted octanol–water partition coefficient (Wildman–Crippen LogP) is 3.29. The Morgan fingerprint density at radius 1 is 1.14 bits per heavy atom. The van der Waals surface area contributed by atoms with Gasteiger partial charge >= 0.3 is 0 Å². The topological polar surface area (TPSA) is 43.2 Å². The fourth-order valence-corrected chi connectivity index (χ4v) is 3.40. The first kappa shape index (κ1) is 16.8. The molecule has 0 saturated carbocycles. The molecule has 2 saturated heterocycles. The molecule has 3 heterocycles. The second-order valence-electron chi connectivity index (χ2n) is 6.12. The standard InChI is InChI=1S/C16H22N4.C2H6/c1-13-4-7-20(12-13)15-5-8-19(9-6-15)16-3-2-14(10-17)11-18-16;1-2/h2-3,11,13,15H,4-9,12H2,1H3;1-2H3. The van der Waals surface area contributed by atoms with E-state index >= 15 is 0 Å². The first-order valence-corrected chi connectivity index (χ1v) is 8.61. The van der Waals surface area contributed by atoms with Crippen molar-refractivity contribution in [3.63, 3.8) is 0 Å². The van der Waals surface area contributed by atoms with Gasteiger partial charge in [0.05, 0.1) is 5.56 Å². The van der Waals surface area contributed by atoms with Crippen molar-refractivity contribution in [2.75, 3.05) is 31.1 Å². The lowest BCUT2D eigenvalue weighted by Crippen LogP contribution is -2.44. The van der Waals surface area contributed by atoms with E-state index in [9.17, 15) is 0 Å². The van der Waals surface area contributed by atoms with Gasteiger partial charge in [-0.2, -0.15) is 5.26 Å². The molecule has 0 amide bonds. The summed E-state index contributed by atoms with van der Waals surface area (Å²) in [7, 11) is 0. The molecule has 22 heavy (non-hydrogen) atoms. The minimum absolute atomic E-state index is 0.634. The summed E-state index contributed by atoms with van der Waals surface area (Å²) in [4.78, 5) is 9.42. The molecule has 0 radical (unpaired) electrons. The molecular formula is C18H28N4. The molecule has 1 atom stereocenters. The van der Waals surface area contributed by atoms with Crippen LogP contribution in [0.2, 0.25) is 0 Å². The molecular weight excluding hydrogens is 272 g/mol. The Kier molecular flexibility index (Phi) is 6.21. The molecule has 2 fully saturated rings. The Balaban J connectivity index is 0.000000847. The highest BCUT2D eigenvalue weighted by molar-refractivity contribution is 5.42. The Bertz CT molecular complexity index is 483. The van der Waals surface area contributed by atoms with Gasteiger partial charge in [0.15, 0.2) is 0 Å². The summed E-state index contributed by atoms with van der Waals surface area (Å²) in [5.74, 6) is 1.88. The van der Waals surface area contributed by atoms with Gasteiger partial charge in [-0.25, -0.2) is 4.98 Å². The molecule has 1 unspecified atom stereocenters. The monoisotopic (exact) mass is 300 g/mol. The zero-order chi connectivity index (χ0) is 15.9. The smallest absolute Gasteiger partial charge is 0.128 e. The number of anilines is 1. The summed E-state index contributed by atoms with van der Waals surface area (Å²) < 4.78 is 0. The van der Waals surface area contributed by atoms with Crippen molar-refractivity contribution in [2.24, 2.45) is 5.92 Å². The third-order valence-corrected chi connectivity index (χ3v) is 4.64. The number of hydrogen-bond donors (Lipinski definition) is 0. The highest BCUT2D eigenvalue weighted by Gasteiger charge is 2.29. The van der Waals surface area contributed by atoms with Crippen LogP contribution in [0.25, 0.3) is 0 Å². The zero-order valence-electron chi connectivity index (χ0n) is 14.1. The SMILES string of the molecule is CC.CC1CCN(C2CCN(c3ccc(C#N)cn3)CC2)C1. The van der Waals surface area contributed by atoms with E-state index in [1.807, 2.05) is 26.0 Å². The van der Waals surface area contributed by atoms with Gasteiger partial charge < -0.3 is 4.90 Å². The average Bonchev–Trinajstić information content (AvgIpc) is 3.03. The molecule has 0 aliphatic carbocycles. The lowest BCUT2D eigenvalue weighted by atomic mass is 10.0. The van der Waals surface area contributed by atoms with Crippen molar-refractivity contribution in [2.45, 2.75) is 46.1 Å². The molecule has 4 heteroatoms. The summed E-state index contributed by atoms with van der Waals surface area (Å²) >= 11 is 0. The first-order chi connectivity index (χ1) is 10.8. The Labute approximate surface area is 134 Å². The highest BCUT2D eigenvalue weighted by atomic mass is 15.2. The van der Waals surface area contributed by atoms with E-state index in [4.69, 9.17) is 5.26 Å². The second-order valence-corrected chi connectivity index (χ2v) is 6.12. The summed E-state index contributed by atoms with van der Waals surface area (Å²) in [5.41, 5.74) is 0.634. The Morgan fingerprint density at radius 2 is 1.86 bits per heavy atom. The van der Waals surface area contributed by atoms with Crippen LogP contribution >= 0.6 is 0 Å². The molecule has 0 aromatic carbocycles. The molecule has 2 aliphatic rings. The quantitative estimate of drug-likeness (QED) is 0.840. The largest absolute Gasteiger partial charge is 0.357 e. The molecule has 0 bridgehead atoms. The van der Waals surface area contributed by atoms with Crippen LogP contribution in [-0.2, 0) is 0 Å². The van der Waals surface area contributed by atoms with E-state index < -0.39 is 0 Å². The molecule has 120 valence electrons. The number of hydrogen-bond acceptors (Lipinski definition) is 4. The van der Waals surface area contributed by atoms with Crippen LogP contribution in [0, 0.1) is 17.2 Å². The van der Waals surface area contributed by atoms with Crippen molar-refractivity contribution in [1.82, 2.24) is 9.88 Å². The Morgan fingerprint density at radius 3 is 2.36 bits per heavy atom. The summed E-state index contributed by atoms with van der Waals surface area (Å²) in [5, 5.41) is 8.81. The minimum Gasteiger partial charge on any atom is -0.357 e. The van der Waals surface area contributed by atoms with Crippen molar-refractivity contribution in [3.8, 4) is 6.07 Å². The zero-order valence-corrected chi connectivity index (χ0v) is 14.1. The summed E-state index contributed by atoms with van der Waals surface area (Å²) in [6, 6.07) is 6.70. The number of pyridine rings is 1. The molecule has 0 spiro atoms. The van der Waals surface area contributed by atoms with E-state index in [1.165, 1.54) is 32.4 Å². The van der Waals surface area contributed by atoms with Crippen LogP contribution in [0.5, 0.6) is 0 Å². The number of nitrogens with zero attached hydrogens (tertiary/aromatic N) is 4. The molecule has 1 aromatic heterocycles. The van der Waals surface area contributed by atoms with Crippen molar-refractivity contribution >= 4 is 5.82 Å². The molecule has 2 aliphatic heterocycles. The molecule has 3 rings (SSSR count). The third kappa shape index (κ3) is 3.98. The maximum Gasteiger partial charge on any atom is 0.128 e. The van der Waals surface area contributed by atoms with Crippen LogP contribution < -0.4 is 4.90 Å². The number of likely N-dealkylation sites (tertiary alicyclic amines) is 1. The van der Waals surface area contributed by atoms with Gasteiger partial charge in [-0.3, -0.25) is 4.90 Å². The minimum atomic E-state index is 0.634. The van der Waals surface area contributed by atoms with Gasteiger partial charge in [0.25, 0.3) is 0 Å². The van der Waals surface area contributed by atoms with Gasteiger partial charge in [-0.1, -0.05) is 20.8 Å². The van der Waals surface area contributed by atoms with Crippen LogP contribution in [0.3, 0.4) is 0 Å². The van der Waals surface area contributed by atoms with E-state index in [1.54, 1.807) is 6.20 Å². The van der Waals surface area contributed by atoms with Crippen molar-refractivity contribution in [1.29, 1.82) is 5.26 Å². The predicted molar refractivity (Wildman–Crippen MR) is 90.9 cm³/mol. The van der Waals surface area contributed by atoms with E-state index in [0.29, 0.717) is 5.56 Å². The molecule has 4 nitrogen and oxygen atoms in total. The number of aromatic nitrogens is 1. The van der Waals surface area contributed by atoms with Crippen molar-refractivity contribution < 1.29 is 0 Å². The van der Waals surface area contributed by atoms with Gasteiger partial charge in [0, 0.05) is 31.9 Å². The molecule has 0 N–H and O–H groups in total. The maximum atomic E-state index is 8.81. The van der Waals surface area contributed by atoms with Gasteiger partial charge in [0.1, 0.15) is 11.9 Å². The number of nitriles is 1. The van der Waals surface area contributed by atoms with Crippen molar-refractivity contribution in [3.05, 3.63) is 23.9 Å².